The molecule has 0 amide bonds. The van der Waals surface area contributed by atoms with Gasteiger partial charge in [0.15, 0.2) is 5.41 Å². The number of nitrogens with zero attached hydrogens (tertiary/aromatic N) is 2. The van der Waals surface area contributed by atoms with Crippen LogP contribution >= 0.6 is 15.9 Å². The van der Waals surface area contributed by atoms with Gasteiger partial charge in [0.05, 0.1) is 25.0 Å². The van der Waals surface area contributed by atoms with Gasteiger partial charge in [-0.2, -0.15) is 5.26 Å². The van der Waals surface area contributed by atoms with Gasteiger partial charge in [0, 0.05) is 15.7 Å². The van der Waals surface area contributed by atoms with Gasteiger partial charge < -0.3 is 9.72 Å². The smallest absolute Gasteiger partial charge is 0.161 e. The Bertz CT molecular complexity index is 668. The normalized spacial score (nSPS) is 16.7. The number of aromatic amines is 1. The molecule has 0 aliphatic carbocycles. The van der Waals surface area contributed by atoms with Crippen LogP contribution in [0.3, 0.4) is 0 Å². The second kappa shape index (κ2) is 4.48. The van der Waals surface area contributed by atoms with Gasteiger partial charge in [0.2, 0.25) is 0 Å². The number of halogens is 1. The van der Waals surface area contributed by atoms with Gasteiger partial charge >= 0.3 is 0 Å². The van der Waals surface area contributed by atoms with Crippen LogP contribution in [0.25, 0.3) is 11.3 Å². The van der Waals surface area contributed by atoms with E-state index in [0.717, 1.165) is 21.4 Å². The summed E-state index contributed by atoms with van der Waals surface area (Å²) in [6.45, 7) is 2.79. The number of rotatable bonds is 2. The zero-order chi connectivity index (χ0) is 13.5. The zero-order valence-electron chi connectivity index (χ0n) is 10.4. The van der Waals surface area contributed by atoms with Crippen molar-refractivity contribution in [1.29, 1.82) is 5.26 Å². The van der Waals surface area contributed by atoms with Gasteiger partial charge in [0.1, 0.15) is 5.82 Å². The number of ether oxygens (including phenoxy) is 1. The SMILES string of the molecule is Cc1[nH]c(C2(C#N)COC2)nc1-c1cccc(Br)c1. The van der Waals surface area contributed by atoms with Crippen LogP contribution < -0.4 is 0 Å². The van der Waals surface area contributed by atoms with Crippen molar-refractivity contribution in [3.63, 3.8) is 0 Å². The highest BCUT2D eigenvalue weighted by Crippen LogP contribution is 2.33. The summed E-state index contributed by atoms with van der Waals surface area (Å²) >= 11 is 3.46. The third-order valence-electron chi connectivity index (χ3n) is 3.35. The van der Waals surface area contributed by atoms with Crippen LogP contribution in [0.1, 0.15) is 11.5 Å². The van der Waals surface area contributed by atoms with Gasteiger partial charge in [-0.1, -0.05) is 28.1 Å². The van der Waals surface area contributed by atoms with Crippen LogP contribution in [-0.4, -0.2) is 23.2 Å². The minimum absolute atomic E-state index is 0.411. The molecule has 1 aromatic heterocycles. The molecule has 0 radical (unpaired) electrons. The van der Waals surface area contributed by atoms with Gasteiger partial charge in [-0.05, 0) is 19.1 Å². The number of imidazole rings is 1. The van der Waals surface area contributed by atoms with Crippen molar-refractivity contribution in [2.24, 2.45) is 0 Å². The minimum Gasteiger partial charge on any atom is -0.377 e. The lowest BCUT2D eigenvalue weighted by Gasteiger charge is -2.32. The zero-order valence-corrected chi connectivity index (χ0v) is 12.0. The van der Waals surface area contributed by atoms with Crippen molar-refractivity contribution in [1.82, 2.24) is 9.97 Å². The molecule has 19 heavy (non-hydrogen) atoms. The second-order valence-electron chi connectivity index (χ2n) is 4.76. The van der Waals surface area contributed by atoms with Crippen LogP contribution in [0.15, 0.2) is 28.7 Å². The monoisotopic (exact) mass is 317 g/mol. The maximum absolute atomic E-state index is 9.31. The van der Waals surface area contributed by atoms with Crippen LogP contribution in [0.2, 0.25) is 0 Å². The van der Waals surface area contributed by atoms with E-state index in [1.54, 1.807) is 0 Å². The number of aryl methyl sites for hydroxylation is 1. The summed E-state index contributed by atoms with van der Waals surface area (Å²) in [5.74, 6) is 0.703. The Morgan fingerprint density at radius 2 is 2.26 bits per heavy atom. The lowest BCUT2D eigenvalue weighted by molar-refractivity contribution is -0.0335. The van der Waals surface area contributed by atoms with Crippen molar-refractivity contribution in [2.75, 3.05) is 13.2 Å². The number of nitriles is 1. The molecule has 0 spiro atoms. The van der Waals surface area contributed by atoms with E-state index in [1.165, 1.54) is 0 Å². The topological polar surface area (TPSA) is 61.7 Å². The highest BCUT2D eigenvalue weighted by atomic mass is 79.9. The summed E-state index contributed by atoms with van der Waals surface area (Å²) < 4.78 is 6.18. The molecular formula is C14H12BrN3O. The Labute approximate surface area is 119 Å². The summed E-state index contributed by atoms with van der Waals surface area (Å²) in [5, 5.41) is 9.31. The molecule has 0 saturated carbocycles. The van der Waals surface area contributed by atoms with Crippen LogP contribution in [0.4, 0.5) is 0 Å². The quantitative estimate of drug-likeness (QED) is 0.926. The number of hydrogen-bond donors (Lipinski definition) is 1. The summed E-state index contributed by atoms with van der Waals surface area (Å²) in [6.07, 6.45) is 0. The molecule has 0 unspecified atom stereocenters. The number of hydrogen-bond acceptors (Lipinski definition) is 3. The van der Waals surface area contributed by atoms with E-state index >= 15 is 0 Å². The Balaban J connectivity index is 2.05. The highest BCUT2D eigenvalue weighted by Gasteiger charge is 2.44. The van der Waals surface area contributed by atoms with E-state index in [1.807, 2.05) is 31.2 Å². The predicted molar refractivity (Wildman–Crippen MR) is 74.6 cm³/mol. The average molecular weight is 318 g/mol. The number of nitrogens with one attached hydrogen (secondary N) is 1. The largest absolute Gasteiger partial charge is 0.377 e. The first-order chi connectivity index (χ1) is 9.14. The first-order valence-corrected chi connectivity index (χ1v) is 6.76. The summed E-state index contributed by atoms with van der Waals surface area (Å²) in [6, 6.07) is 10.3. The van der Waals surface area contributed by atoms with Crippen molar-refractivity contribution in [3.8, 4) is 17.3 Å². The Kier molecular flexibility index (Phi) is 2.92. The standard InChI is InChI=1S/C14H12BrN3O/c1-9-12(10-3-2-4-11(15)5-10)18-13(17-9)14(6-16)7-19-8-14/h2-5H,7-8H2,1H3,(H,17,18). The molecule has 0 atom stereocenters. The van der Waals surface area contributed by atoms with Gasteiger partial charge in [-0.25, -0.2) is 4.98 Å². The van der Waals surface area contributed by atoms with E-state index in [-0.39, 0.29) is 0 Å². The molecule has 1 fully saturated rings. The molecule has 1 N–H and O–H groups in total. The molecule has 2 aromatic rings. The van der Waals surface area contributed by atoms with Crippen molar-refractivity contribution >= 4 is 15.9 Å². The van der Waals surface area contributed by atoms with E-state index < -0.39 is 5.41 Å². The van der Waals surface area contributed by atoms with Gasteiger partial charge in [0.25, 0.3) is 0 Å². The predicted octanol–water partition coefficient (Wildman–Crippen LogP) is 2.94. The lowest BCUT2D eigenvalue weighted by Crippen LogP contribution is -2.46. The molecule has 1 aromatic carbocycles. The summed E-state index contributed by atoms with van der Waals surface area (Å²) in [5.41, 5.74) is 2.28. The fourth-order valence-electron chi connectivity index (χ4n) is 2.16. The molecule has 5 heteroatoms. The molecule has 1 aliphatic heterocycles. The van der Waals surface area contributed by atoms with Crippen LogP contribution in [0.5, 0.6) is 0 Å². The van der Waals surface area contributed by atoms with E-state index in [9.17, 15) is 5.26 Å². The molecule has 96 valence electrons. The third kappa shape index (κ3) is 1.97. The molecular weight excluding hydrogens is 306 g/mol. The van der Waals surface area contributed by atoms with Gasteiger partial charge in [-0.15, -0.1) is 0 Å². The highest BCUT2D eigenvalue weighted by molar-refractivity contribution is 9.10. The summed E-state index contributed by atoms with van der Waals surface area (Å²) in [4.78, 5) is 7.83. The van der Waals surface area contributed by atoms with Crippen molar-refractivity contribution < 1.29 is 4.74 Å². The third-order valence-corrected chi connectivity index (χ3v) is 3.84. The molecule has 4 nitrogen and oxygen atoms in total. The van der Waals surface area contributed by atoms with Crippen LogP contribution in [0, 0.1) is 18.3 Å². The number of H-pyrrole nitrogens is 1. The molecule has 2 heterocycles. The maximum atomic E-state index is 9.31. The second-order valence-corrected chi connectivity index (χ2v) is 5.67. The number of benzene rings is 1. The van der Waals surface area contributed by atoms with Crippen molar-refractivity contribution in [2.45, 2.75) is 12.3 Å². The Morgan fingerprint density at radius 3 is 2.84 bits per heavy atom. The fourth-order valence-corrected chi connectivity index (χ4v) is 2.56. The molecule has 3 rings (SSSR count). The Hall–Kier alpha value is -1.64. The van der Waals surface area contributed by atoms with Crippen molar-refractivity contribution in [3.05, 3.63) is 40.3 Å². The minimum atomic E-state index is -0.602. The van der Waals surface area contributed by atoms with Crippen LogP contribution in [-0.2, 0) is 10.2 Å². The lowest BCUT2D eigenvalue weighted by atomic mass is 9.87. The van der Waals surface area contributed by atoms with E-state index in [2.05, 4.69) is 32.0 Å². The summed E-state index contributed by atoms with van der Waals surface area (Å²) in [7, 11) is 0. The van der Waals surface area contributed by atoms with E-state index in [0.29, 0.717) is 19.0 Å². The average Bonchev–Trinajstić information content (AvgIpc) is 2.71. The molecule has 0 bridgehead atoms. The van der Waals surface area contributed by atoms with E-state index in [4.69, 9.17) is 4.74 Å². The molecule has 1 aliphatic rings. The van der Waals surface area contributed by atoms with Gasteiger partial charge in [-0.3, -0.25) is 0 Å². The first kappa shape index (κ1) is 12.4. The fraction of sp³-hybridized carbons (Fsp3) is 0.286. The first-order valence-electron chi connectivity index (χ1n) is 5.97. The maximum Gasteiger partial charge on any atom is 0.161 e. The molecule has 1 saturated heterocycles. The number of aromatic nitrogens is 2. The Morgan fingerprint density at radius 1 is 1.47 bits per heavy atom.